The van der Waals surface area contributed by atoms with Gasteiger partial charge < -0.3 is 4.74 Å². The molecule has 3 rings (SSSR count). The van der Waals surface area contributed by atoms with Gasteiger partial charge in [0.05, 0.1) is 6.07 Å². The van der Waals surface area contributed by atoms with Crippen molar-refractivity contribution in [1.82, 2.24) is 0 Å². The molecule has 0 N–H and O–H groups in total. The molecule has 2 nitrogen and oxygen atoms in total. The van der Waals surface area contributed by atoms with Crippen molar-refractivity contribution in [2.45, 2.75) is 76.5 Å². The highest BCUT2D eigenvalue weighted by Crippen LogP contribution is 2.44. The molecule has 0 amide bonds. The molecule has 1 aromatic carbocycles. The zero-order valence-electron chi connectivity index (χ0n) is 18.0. The Morgan fingerprint density at radius 1 is 0.903 bits per heavy atom. The molecule has 0 atom stereocenters. The van der Waals surface area contributed by atoms with Gasteiger partial charge in [0.25, 0.3) is 0 Å². The summed E-state index contributed by atoms with van der Waals surface area (Å²) in [5.41, 5.74) is 1.13. The summed E-state index contributed by atoms with van der Waals surface area (Å²) in [6, 6.07) is 8.45. The van der Waals surface area contributed by atoms with Crippen molar-refractivity contribution < 1.29 is 17.9 Å². The molecule has 2 fully saturated rings. The van der Waals surface area contributed by atoms with Crippen molar-refractivity contribution in [2.24, 2.45) is 17.8 Å². The lowest BCUT2D eigenvalue weighted by Crippen LogP contribution is -2.25. The minimum atomic E-state index is -4.63. The third-order valence-corrected chi connectivity index (χ3v) is 7.07. The lowest BCUT2D eigenvalue weighted by molar-refractivity contribution is -0.274. The number of allylic oxidation sites excluding steroid dienone is 4. The van der Waals surface area contributed by atoms with Gasteiger partial charge in [0.15, 0.2) is 0 Å². The number of hydrogen-bond acceptors (Lipinski definition) is 2. The Morgan fingerprint density at radius 3 is 2.10 bits per heavy atom. The van der Waals surface area contributed by atoms with Crippen molar-refractivity contribution in [1.29, 1.82) is 5.26 Å². The number of alkyl halides is 3. The van der Waals surface area contributed by atoms with E-state index in [4.69, 9.17) is 5.26 Å². The molecular formula is C26H32F3NO. The van der Waals surface area contributed by atoms with Crippen molar-refractivity contribution in [2.75, 3.05) is 0 Å². The van der Waals surface area contributed by atoms with Gasteiger partial charge in [-0.25, -0.2) is 0 Å². The Kier molecular flexibility index (Phi) is 8.63. The van der Waals surface area contributed by atoms with E-state index >= 15 is 0 Å². The van der Waals surface area contributed by atoms with Gasteiger partial charge >= 0.3 is 6.36 Å². The second kappa shape index (κ2) is 11.4. The van der Waals surface area contributed by atoms with E-state index in [9.17, 15) is 13.2 Å². The molecule has 2 saturated carbocycles. The summed E-state index contributed by atoms with van der Waals surface area (Å²) in [4.78, 5) is 0. The first kappa shape index (κ1) is 23.4. The second-order valence-electron chi connectivity index (χ2n) is 9.00. The molecule has 31 heavy (non-hydrogen) atoms. The van der Waals surface area contributed by atoms with Crippen LogP contribution in [0.3, 0.4) is 0 Å². The van der Waals surface area contributed by atoms with Crippen LogP contribution in [0.2, 0.25) is 0 Å². The van der Waals surface area contributed by atoms with Crippen LogP contribution in [0.25, 0.3) is 0 Å². The Hall–Kier alpha value is -2.22. The number of nitriles is 1. The Morgan fingerprint density at radius 2 is 1.52 bits per heavy atom. The van der Waals surface area contributed by atoms with Crippen LogP contribution in [0.1, 0.15) is 75.7 Å². The molecule has 0 saturated heterocycles. The van der Waals surface area contributed by atoms with Crippen LogP contribution < -0.4 is 4.74 Å². The predicted molar refractivity (Wildman–Crippen MR) is 116 cm³/mol. The van der Waals surface area contributed by atoms with Crippen LogP contribution in [0.5, 0.6) is 5.75 Å². The van der Waals surface area contributed by atoms with E-state index < -0.39 is 6.36 Å². The molecule has 0 heterocycles. The summed E-state index contributed by atoms with van der Waals surface area (Å²) in [5.74, 6) is 2.79. The van der Waals surface area contributed by atoms with Gasteiger partial charge in [-0.1, -0.05) is 43.2 Å². The topological polar surface area (TPSA) is 33.0 Å². The molecule has 2 aliphatic rings. The Bertz CT molecular complexity index is 759. The Labute approximate surface area is 183 Å². The first-order valence-electron chi connectivity index (χ1n) is 11.5. The van der Waals surface area contributed by atoms with Crippen LogP contribution in [-0.4, -0.2) is 6.36 Å². The minimum absolute atomic E-state index is 0.143. The van der Waals surface area contributed by atoms with Crippen molar-refractivity contribution in [3.05, 3.63) is 54.1 Å². The second-order valence-corrected chi connectivity index (χ2v) is 9.00. The third-order valence-electron chi connectivity index (χ3n) is 7.07. The first-order valence-corrected chi connectivity index (χ1v) is 11.5. The summed E-state index contributed by atoms with van der Waals surface area (Å²) in [7, 11) is 0. The van der Waals surface area contributed by atoms with Crippen molar-refractivity contribution in [3.8, 4) is 11.8 Å². The zero-order chi connectivity index (χ0) is 22.1. The number of benzene rings is 1. The summed E-state index contributed by atoms with van der Waals surface area (Å²) in [6.45, 7) is 0. The van der Waals surface area contributed by atoms with Crippen LogP contribution in [0.15, 0.2) is 48.6 Å². The third kappa shape index (κ3) is 7.76. The minimum Gasteiger partial charge on any atom is -0.406 e. The molecule has 168 valence electrons. The molecule has 0 unspecified atom stereocenters. The summed E-state index contributed by atoms with van der Waals surface area (Å²) in [5, 5.41) is 8.47. The van der Waals surface area contributed by atoms with Gasteiger partial charge in [0.2, 0.25) is 0 Å². The maximum Gasteiger partial charge on any atom is 0.573 e. The Balaban J connectivity index is 1.37. The lowest BCUT2D eigenvalue weighted by atomic mass is 9.68. The predicted octanol–water partition coefficient (Wildman–Crippen LogP) is 8.08. The number of rotatable bonds is 7. The fraction of sp³-hybridized carbons (Fsp3) is 0.577. The van der Waals surface area contributed by atoms with Gasteiger partial charge in [-0.3, -0.25) is 0 Å². The van der Waals surface area contributed by atoms with E-state index in [1.165, 1.54) is 63.2 Å². The van der Waals surface area contributed by atoms with Crippen LogP contribution in [0, 0.1) is 29.1 Å². The maximum atomic E-state index is 12.3. The van der Waals surface area contributed by atoms with E-state index in [1.54, 1.807) is 18.2 Å². The van der Waals surface area contributed by atoms with Gasteiger partial charge in [-0.05, 0) is 92.7 Å². The highest BCUT2D eigenvalue weighted by atomic mass is 19.4. The molecule has 0 aromatic heterocycles. The van der Waals surface area contributed by atoms with Gasteiger partial charge in [0, 0.05) is 6.08 Å². The highest BCUT2D eigenvalue weighted by molar-refractivity contribution is 5.30. The van der Waals surface area contributed by atoms with Crippen LogP contribution in [-0.2, 0) is 0 Å². The highest BCUT2D eigenvalue weighted by Gasteiger charge is 2.32. The first-order chi connectivity index (χ1) is 14.9. The van der Waals surface area contributed by atoms with E-state index in [2.05, 4.69) is 10.8 Å². The largest absolute Gasteiger partial charge is 0.573 e. The van der Waals surface area contributed by atoms with Crippen LogP contribution in [0.4, 0.5) is 13.2 Å². The van der Waals surface area contributed by atoms with Gasteiger partial charge in [0.1, 0.15) is 5.75 Å². The van der Waals surface area contributed by atoms with Gasteiger partial charge in [-0.2, -0.15) is 5.26 Å². The SMILES string of the molecule is N#C/C=C/C=C/CCC1CCC([C@H]2CC[C@H](c3ccc(OC(F)(F)F)cc3)CC2)CC1. The molecule has 0 spiro atoms. The normalized spacial score (nSPS) is 27.4. The summed E-state index contributed by atoms with van der Waals surface area (Å²) >= 11 is 0. The molecule has 1 aromatic rings. The molecule has 0 aliphatic heterocycles. The quantitative estimate of drug-likeness (QED) is 0.323. The fourth-order valence-corrected chi connectivity index (χ4v) is 5.42. The van der Waals surface area contributed by atoms with Crippen LogP contribution >= 0.6 is 0 Å². The molecular weight excluding hydrogens is 399 g/mol. The standard InChI is InChI=1S/C26H32F3NO/c27-26(28,29)31-25-17-15-24(16-18-25)23-13-11-22(12-14-23)21-9-7-20(8-10-21)6-4-2-1-3-5-19-30/h1-3,5,15-18,20-23H,4,6-14H2/b2-1+,5-3+/t20?,21?,22-,23-. The van der Waals surface area contributed by atoms with Gasteiger partial charge in [-0.15, -0.1) is 13.2 Å². The monoisotopic (exact) mass is 431 g/mol. The average Bonchev–Trinajstić information content (AvgIpc) is 2.76. The molecule has 5 heteroatoms. The van der Waals surface area contributed by atoms with E-state index in [-0.39, 0.29) is 5.75 Å². The smallest absolute Gasteiger partial charge is 0.406 e. The molecule has 0 radical (unpaired) electrons. The summed E-state index contributed by atoms with van der Waals surface area (Å²) in [6.07, 6.45) is 15.1. The van der Waals surface area contributed by atoms with Crippen molar-refractivity contribution >= 4 is 0 Å². The number of nitrogens with zero attached hydrogens (tertiary/aromatic N) is 1. The maximum absolute atomic E-state index is 12.3. The molecule has 0 bridgehead atoms. The number of hydrogen-bond donors (Lipinski definition) is 0. The molecule has 2 aliphatic carbocycles. The zero-order valence-corrected chi connectivity index (χ0v) is 18.0. The van der Waals surface area contributed by atoms with E-state index in [0.717, 1.165) is 42.6 Å². The lowest BCUT2D eigenvalue weighted by Gasteiger charge is -2.38. The fourth-order valence-electron chi connectivity index (χ4n) is 5.42. The number of halogens is 3. The van der Waals surface area contributed by atoms with Crippen molar-refractivity contribution in [3.63, 3.8) is 0 Å². The summed E-state index contributed by atoms with van der Waals surface area (Å²) < 4.78 is 40.9. The average molecular weight is 432 g/mol. The van der Waals surface area contributed by atoms with E-state index in [0.29, 0.717) is 5.92 Å². The number of ether oxygens (including phenoxy) is 1. The van der Waals surface area contributed by atoms with E-state index in [1.807, 2.05) is 12.1 Å².